The molecule has 1 aromatic carbocycles. The highest BCUT2D eigenvalue weighted by atomic mass is 32.1. The van der Waals surface area contributed by atoms with Gasteiger partial charge in [0.05, 0.1) is 6.04 Å². The first-order valence-corrected chi connectivity index (χ1v) is 8.52. The van der Waals surface area contributed by atoms with Gasteiger partial charge in [0, 0.05) is 31.0 Å². The fourth-order valence-electron chi connectivity index (χ4n) is 2.77. The minimum atomic E-state index is -2.62. The largest absolute Gasteiger partial charge is 0.366 e. The summed E-state index contributed by atoms with van der Waals surface area (Å²) in [6.07, 6.45) is 0.917. The predicted molar refractivity (Wildman–Crippen MR) is 87.8 cm³/mol. The molecule has 0 saturated heterocycles. The third-order valence-corrected chi connectivity index (χ3v) is 5.09. The van der Waals surface area contributed by atoms with Crippen LogP contribution in [0, 0.1) is 0 Å². The third-order valence-electron chi connectivity index (χ3n) is 4.03. The fourth-order valence-corrected chi connectivity index (χ4v) is 3.73. The Hall–Kier alpha value is -2.09. The molecular formula is C16H18F2N4OS. The Morgan fingerprint density at radius 3 is 2.75 bits per heavy atom. The Morgan fingerprint density at radius 1 is 1.42 bits per heavy atom. The summed E-state index contributed by atoms with van der Waals surface area (Å²) in [6, 6.07) is 6.43. The number of halogens is 2. The zero-order chi connectivity index (χ0) is 17.3. The topological polar surface area (TPSA) is 73.3 Å². The molecule has 1 aromatic heterocycles. The second-order valence-electron chi connectivity index (χ2n) is 5.99. The Morgan fingerprint density at radius 2 is 2.12 bits per heavy atom. The number of carbonyl (C=O) groups excluding carboxylic acids is 1. The SMILES string of the molecule is Cn1nc(-c2ccc(C(N)=O)cc2)s/c1=N/C1CCCC(F)(F)C1. The zero-order valence-electron chi connectivity index (χ0n) is 13.2. The molecule has 1 saturated carbocycles. The van der Waals surface area contributed by atoms with E-state index in [-0.39, 0.29) is 18.9 Å². The van der Waals surface area contributed by atoms with E-state index in [1.165, 1.54) is 11.3 Å². The number of hydrogen-bond acceptors (Lipinski definition) is 4. The van der Waals surface area contributed by atoms with E-state index in [4.69, 9.17) is 5.73 Å². The average Bonchev–Trinajstić information content (AvgIpc) is 2.87. The van der Waals surface area contributed by atoms with Gasteiger partial charge in [-0.15, -0.1) is 0 Å². The molecule has 1 fully saturated rings. The van der Waals surface area contributed by atoms with E-state index in [0.717, 1.165) is 10.6 Å². The maximum absolute atomic E-state index is 13.5. The Labute approximate surface area is 141 Å². The number of nitrogens with two attached hydrogens (primary N) is 1. The van der Waals surface area contributed by atoms with Gasteiger partial charge in [0.25, 0.3) is 0 Å². The molecule has 1 unspecified atom stereocenters. The molecule has 2 aromatic rings. The summed E-state index contributed by atoms with van der Waals surface area (Å²) in [6.45, 7) is 0. The number of carbonyl (C=O) groups is 1. The minimum Gasteiger partial charge on any atom is -0.366 e. The molecule has 1 atom stereocenters. The van der Waals surface area contributed by atoms with E-state index in [1.54, 1.807) is 36.0 Å². The van der Waals surface area contributed by atoms with Crippen molar-refractivity contribution in [3.63, 3.8) is 0 Å². The molecule has 8 heteroatoms. The standard InChI is InChI=1S/C16H18F2N4OS/c1-22-15(20-12-3-2-8-16(17,18)9-12)24-14(21-22)11-6-4-10(5-7-11)13(19)23/h4-7,12H,2-3,8-9H2,1H3,(H2,19,23)/b20-15+. The minimum absolute atomic E-state index is 0.0503. The van der Waals surface area contributed by atoms with Gasteiger partial charge < -0.3 is 5.73 Å². The number of alkyl halides is 2. The van der Waals surface area contributed by atoms with Crippen molar-refractivity contribution < 1.29 is 13.6 Å². The van der Waals surface area contributed by atoms with Crippen molar-refractivity contribution in [1.29, 1.82) is 0 Å². The lowest BCUT2D eigenvalue weighted by atomic mass is 9.93. The summed E-state index contributed by atoms with van der Waals surface area (Å²) in [7, 11) is 1.75. The lowest BCUT2D eigenvalue weighted by Crippen LogP contribution is -2.30. The lowest BCUT2D eigenvalue weighted by molar-refractivity contribution is -0.0397. The molecule has 1 heterocycles. The van der Waals surface area contributed by atoms with Crippen LogP contribution in [-0.2, 0) is 7.05 Å². The Bertz CT molecular complexity index is 810. The van der Waals surface area contributed by atoms with Gasteiger partial charge in [-0.3, -0.25) is 9.79 Å². The highest BCUT2D eigenvalue weighted by molar-refractivity contribution is 7.12. The second-order valence-corrected chi connectivity index (χ2v) is 6.95. The summed E-state index contributed by atoms with van der Waals surface area (Å²) in [5.41, 5.74) is 6.48. The van der Waals surface area contributed by atoms with Crippen molar-refractivity contribution in [2.24, 2.45) is 17.8 Å². The van der Waals surface area contributed by atoms with Crippen LogP contribution in [-0.4, -0.2) is 27.7 Å². The molecule has 2 N–H and O–H groups in total. The summed E-state index contributed by atoms with van der Waals surface area (Å²) in [4.78, 5) is 16.2. The van der Waals surface area contributed by atoms with Crippen molar-refractivity contribution in [3.8, 4) is 10.6 Å². The van der Waals surface area contributed by atoms with Crippen LogP contribution in [0.15, 0.2) is 29.3 Å². The van der Waals surface area contributed by atoms with Gasteiger partial charge in [0.2, 0.25) is 16.6 Å². The number of amides is 1. The van der Waals surface area contributed by atoms with E-state index in [0.29, 0.717) is 23.2 Å². The molecule has 24 heavy (non-hydrogen) atoms. The van der Waals surface area contributed by atoms with Crippen LogP contribution in [0.4, 0.5) is 8.78 Å². The number of rotatable bonds is 3. The molecule has 1 aliphatic rings. The van der Waals surface area contributed by atoms with Gasteiger partial charge in [-0.05, 0) is 25.0 Å². The quantitative estimate of drug-likeness (QED) is 0.922. The molecule has 0 aliphatic heterocycles. The lowest BCUT2D eigenvalue weighted by Gasteiger charge is -2.25. The van der Waals surface area contributed by atoms with Crippen molar-refractivity contribution in [2.45, 2.75) is 37.6 Å². The molecule has 3 rings (SSSR count). The molecule has 128 valence electrons. The highest BCUT2D eigenvalue weighted by Crippen LogP contribution is 2.34. The molecular weight excluding hydrogens is 334 g/mol. The van der Waals surface area contributed by atoms with Crippen LogP contribution in [0.25, 0.3) is 10.6 Å². The fraction of sp³-hybridized carbons (Fsp3) is 0.438. The number of aromatic nitrogens is 2. The third kappa shape index (κ3) is 3.69. The number of hydrogen-bond donors (Lipinski definition) is 1. The maximum Gasteiger partial charge on any atom is 0.250 e. The second kappa shape index (κ2) is 6.43. The van der Waals surface area contributed by atoms with E-state index in [2.05, 4.69) is 10.1 Å². The molecule has 5 nitrogen and oxygen atoms in total. The zero-order valence-corrected chi connectivity index (χ0v) is 14.0. The highest BCUT2D eigenvalue weighted by Gasteiger charge is 2.36. The molecule has 1 amide bonds. The van der Waals surface area contributed by atoms with Gasteiger partial charge in [0.1, 0.15) is 5.01 Å². The van der Waals surface area contributed by atoms with Gasteiger partial charge in [-0.1, -0.05) is 23.5 Å². The van der Waals surface area contributed by atoms with Gasteiger partial charge in [0.15, 0.2) is 0 Å². The van der Waals surface area contributed by atoms with Crippen molar-refractivity contribution in [3.05, 3.63) is 34.6 Å². The average molecular weight is 352 g/mol. The van der Waals surface area contributed by atoms with E-state index >= 15 is 0 Å². The predicted octanol–water partition coefficient (Wildman–Crippen LogP) is 2.73. The number of primary amides is 1. The van der Waals surface area contributed by atoms with Crippen molar-refractivity contribution in [2.75, 3.05) is 0 Å². The van der Waals surface area contributed by atoms with E-state index < -0.39 is 11.8 Å². The van der Waals surface area contributed by atoms with Crippen LogP contribution in [0.3, 0.4) is 0 Å². The van der Waals surface area contributed by atoms with Crippen molar-refractivity contribution in [1.82, 2.24) is 9.78 Å². The molecule has 0 radical (unpaired) electrons. The monoisotopic (exact) mass is 352 g/mol. The van der Waals surface area contributed by atoms with E-state index in [1.807, 2.05) is 0 Å². The van der Waals surface area contributed by atoms with Crippen molar-refractivity contribution >= 4 is 17.2 Å². The molecule has 0 bridgehead atoms. The summed E-state index contributed by atoms with van der Waals surface area (Å²) in [5, 5.41) is 5.11. The van der Waals surface area contributed by atoms with Crippen LogP contribution in [0.5, 0.6) is 0 Å². The normalized spacial score (nSPS) is 21.0. The van der Waals surface area contributed by atoms with Crippen LogP contribution < -0.4 is 10.5 Å². The first kappa shape index (κ1) is 16.8. The molecule has 0 spiro atoms. The number of aryl methyl sites for hydroxylation is 1. The van der Waals surface area contributed by atoms with E-state index in [9.17, 15) is 13.6 Å². The summed E-state index contributed by atoms with van der Waals surface area (Å²) < 4.78 is 28.6. The van der Waals surface area contributed by atoms with Gasteiger partial charge in [-0.2, -0.15) is 5.10 Å². The molecule has 1 aliphatic carbocycles. The number of benzene rings is 1. The smallest absolute Gasteiger partial charge is 0.250 e. The summed E-state index contributed by atoms with van der Waals surface area (Å²) in [5.74, 6) is -3.11. The van der Waals surface area contributed by atoms with Crippen LogP contribution in [0.1, 0.15) is 36.0 Å². The van der Waals surface area contributed by atoms with Gasteiger partial charge >= 0.3 is 0 Å². The first-order valence-electron chi connectivity index (χ1n) is 7.70. The van der Waals surface area contributed by atoms with Crippen LogP contribution in [0.2, 0.25) is 0 Å². The summed E-state index contributed by atoms with van der Waals surface area (Å²) >= 11 is 1.34. The number of nitrogens with zero attached hydrogens (tertiary/aromatic N) is 3. The van der Waals surface area contributed by atoms with Gasteiger partial charge in [-0.25, -0.2) is 13.5 Å². The Balaban J connectivity index is 1.87. The van der Waals surface area contributed by atoms with Crippen LogP contribution >= 0.6 is 11.3 Å². The Kier molecular flexibility index (Phi) is 4.49. The first-order chi connectivity index (χ1) is 11.3. The maximum atomic E-state index is 13.5.